The van der Waals surface area contributed by atoms with Crippen LogP contribution in [0.4, 0.5) is 0 Å². The van der Waals surface area contributed by atoms with Gasteiger partial charge in [-0.05, 0) is 34.5 Å². The first kappa shape index (κ1) is 16.4. The van der Waals surface area contributed by atoms with Gasteiger partial charge in [0.15, 0.2) is 5.82 Å². The summed E-state index contributed by atoms with van der Waals surface area (Å²) in [5, 5.41) is 7.47. The van der Waals surface area contributed by atoms with Crippen molar-refractivity contribution < 1.29 is 4.52 Å². The van der Waals surface area contributed by atoms with Crippen molar-refractivity contribution in [3.63, 3.8) is 0 Å². The van der Waals surface area contributed by atoms with Crippen molar-refractivity contribution >= 4 is 0 Å². The molecule has 0 aromatic carbocycles. The fourth-order valence-electron chi connectivity index (χ4n) is 2.98. The van der Waals surface area contributed by atoms with Crippen LogP contribution >= 0.6 is 0 Å². The summed E-state index contributed by atoms with van der Waals surface area (Å²) >= 11 is 0. The SMILES string of the molecule is CCC(c1nc(CC2CN(C)CCN2C)no1)C(C)NC. The van der Waals surface area contributed by atoms with Gasteiger partial charge < -0.3 is 19.6 Å². The highest BCUT2D eigenvalue weighted by Crippen LogP contribution is 2.22. The molecular formula is C15H29N5O. The van der Waals surface area contributed by atoms with Crippen molar-refractivity contribution in [2.75, 3.05) is 40.8 Å². The van der Waals surface area contributed by atoms with Crippen LogP contribution in [-0.2, 0) is 6.42 Å². The van der Waals surface area contributed by atoms with E-state index in [1.54, 1.807) is 0 Å². The number of rotatable bonds is 6. The lowest BCUT2D eigenvalue weighted by atomic mass is 9.98. The van der Waals surface area contributed by atoms with E-state index in [1.807, 2.05) is 7.05 Å². The molecule has 3 atom stereocenters. The van der Waals surface area contributed by atoms with Crippen molar-refractivity contribution in [2.24, 2.45) is 0 Å². The van der Waals surface area contributed by atoms with E-state index >= 15 is 0 Å². The molecule has 0 aliphatic carbocycles. The van der Waals surface area contributed by atoms with Gasteiger partial charge in [-0.3, -0.25) is 0 Å². The van der Waals surface area contributed by atoms with Gasteiger partial charge in [0, 0.05) is 38.1 Å². The maximum absolute atomic E-state index is 5.51. The molecule has 6 nitrogen and oxygen atoms in total. The summed E-state index contributed by atoms with van der Waals surface area (Å²) in [5.41, 5.74) is 0. The lowest BCUT2D eigenvalue weighted by Gasteiger charge is -2.37. The van der Waals surface area contributed by atoms with Gasteiger partial charge in [0.1, 0.15) is 0 Å². The van der Waals surface area contributed by atoms with Gasteiger partial charge >= 0.3 is 0 Å². The molecule has 1 aromatic rings. The van der Waals surface area contributed by atoms with Crippen LogP contribution < -0.4 is 5.32 Å². The van der Waals surface area contributed by atoms with Gasteiger partial charge in [-0.15, -0.1) is 0 Å². The first-order valence-corrected chi connectivity index (χ1v) is 7.93. The molecule has 1 saturated heterocycles. The van der Waals surface area contributed by atoms with Crippen LogP contribution in [0.1, 0.15) is 37.9 Å². The monoisotopic (exact) mass is 295 g/mol. The molecule has 6 heteroatoms. The third-order valence-electron chi connectivity index (χ3n) is 4.70. The second-order valence-corrected chi connectivity index (χ2v) is 6.24. The minimum atomic E-state index is 0.281. The first-order valence-electron chi connectivity index (χ1n) is 7.93. The Morgan fingerprint density at radius 2 is 2.14 bits per heavy atom. The zero-order chi connectivity index (χ0) is 15.4. The van der Waals surface area contributed by atoms with Crippen molar-refractivity contribution in [2.45, 2.75) is 44.7 Å². The molecule has 0 saturated carbocycles. The smallest absolute Gasteiger partial charge is 0.231 e. The second-order valence-electron chi connectivity index (χ2n) is 6.24. The molecule has 1 fully saturated rings. The molecule has 1 aliphatic rings. The maximum atomic E-state index is 5.51. The molecular weight excluding hydrogens is 266 g/mol. The van der Waals surface area contributed by atoms with E-state index < -0.39 is 0 Å². The van der Waals surface area contributed by atoms with Gasteiger partial charge in [0.25, 0.3) is 0 Å². The van der Waals surface area contributed by atoms with Crippen LogP contribution in [0.15, 0.2) is 4.52 Å². The average molecular weight is 295 g/mol. The fraction of sp³-hybridized carbons (Fsp3) is 0.867. The van der Waals surface area contributed by atoms with Gasteiger partial charge in [0.05, 0.1) is 5.92 Å². The largest absolute Gasteiger partial charge is 0.339 e. The van der Waals surface area contributed by atoms with E-state index in [1.165, 1.54) is 0 Å². The number of piperazine rings is 1. The summed E-state index contributed by atoms with van der Waals surface area (Å²) in [6, 6.07) is 0.808. The van der Waals surface area contributed by atoms with Gasteiger partial charge in [-0.2, -0.15) is 4.98 Å². The molecule has 2 rings (SSSR count). The number of hydrogen-bond donors (Lipinski definition) is 1. The molecule has 3 unspecified atom stereocenters. The third kappa shape index (κ3) is 4.02. The summed E-state index contributed by atoms with van der Waals surface area (Å²) < 4.78 is 5.51. The Morgan fingerprint density at radius 3 is 2.81 bits per heavy atom. The molecule has 1 aromatic heterocycles. The zero-order valence-electron chi connectivity index (χ0n) is 14.0. The Hall–Kier alpha value is -0.980. The van der Waals surface area contributed by atoms with Crippen molar-refractivity contribution in [3.05, 3.63) is 11.7 Å². The predicted molar refractivity (Wildman–Crippen MR) is 83.5 cm³/mol. The Kier molecular flexibility index (Phi) is 5.72. The van der Waals surface area contributed by atoms with E-state index in [4.69, 9.17) is 4.52 Å². The van der Waals surface area contributed by atoms with Gasteiger partial charge in [-0.1, -0.05) is 12.1 Å². The highest BCUT2D eigenvalue weighted by Gasteiger charge is 2.26. The van der Waals surface area contributed by atoms with Crippen LogP contribution in [0, 0.1) is 0 Å². The molecule has 1 N–H and O–H groups in total. The highest BCUT2D eigenvalue weighted by molar-refractivity contribution is 5.00. The van der Waals surface area contributed by atoms with Crippen LogP contribution in [0.2, 0.25) is 0 Å². The normalized spacial score (nSPS) is 24.1. The Morgan fingerprint density at radius 1 is 1.38 bits per heavy atom. The predicted octanol–water partition coefficient (Wildman–Crippen LogP) is 0.959. The number of aromatic nitrogens is 2. The summed E-state index contributed by atoms with van der Waals surface area (Å²) in [6.07, 6.45) is 1.85. The van der Waals surface area contributed by atoms with Crippen molar-refractivity contribution in [1.82, 2.24) is 25.3 Å². The van der Waals surface area contributed by atoms with Gasteiger partial charge in [-0.25, -0.2) is 0 Å². The maximum Gasteiger partial charge on any atom is 0.231 e. The molecule has 1 aliphatic heterocycles. The minimum Gasteiger partial charge on any atom is -0.339 e. The van der Waals surface area contributed by atoms with Crippen LogP contribution in [0.3, 0.4) is 0 Å². The highest BCUT2D eigenvalue weighted by atomic mass is 16.5. The number of hydrogen-bond acceptors (Lipinski definition) is 6. The van der Waals surface area contributed by atoms with E-state index in [2.05, 4.69) is 53.2 Å². The lowest BCUT2D eigenvalue weighted by molar-refractivity contribution is 0.113. The van der Waals surface area contributed by atoms with Gasteiger partial charge in [0.2, 0.25) is 5.89 Å². The lowest BCUT2D eigenvalue weighted by Crippen LogP contribution is -2.50. The van der Waals surface area contributed by atoms with Crippen molar-refractivity contribution in [3.8, 4) is 0 Å². The third-order valence-corrected chi connectivity index (χ3v) is 4.70. The number of nitrogens with zero attached hydrogens (tertiary/aromatic N) is 4. The molecule has 0 spiro atoms. The Bertz CT molecular complexity index is 435. The number of likely N-dealkylation sites (N-methyl/N-ethyl adjacent to an activating group) is 3. The molecule has 0 radical (unpaired) electrons. The first-order chi connectivity index (χ1) is 10.0. The standard InChI is InChI=1S/C15H29N5O/c1-6-13(11(2)16-3)15-17-14(18-21-15)9-12-10-19(4)7-8-20(12)5/h11-13,16H,6-10H2,1-5H3. The van der Waals surface area contributed by atoms with Crippen LogP contribution in [0.5, 0.6) is 0 Å². The topological polar surface area (TPSA) is 57.4 Å². The summed E-state index contributed by atoms with van der Waals surface area (Å²) in [4.78, 5) is 9.40. The zero-order valence-corrected chi connectivity index (χ0v) is 14.0. The average Bonchev–Trinajstić information content (AvgIpc) is 2.91. The molecule has 0 bridgehead atoms. The van der Waals surface area contributed by atoms with E-state index in [0.717, 1.165) is 44.2 Å². The van der Waals surface area contributed by atoms with E-state index in [0.29, 0.717) is 12.1 Å². The molecule has 21 heavy (non-hydrogen) atoms. The van der Waals surface area contributed by atoms with E-state index in [9.17, 15) is 0 Å². The fourth-order valence-corrected chi connectivity index (χ4v) is 2.98. The Balaban J connectivity index is 2.02. The summed E-state index contributed by atoms with van der Waals surface area (Å²) in [5.74, 6) is 1.88. The molecule has 0 amide bonds. The Labute approximate surface area is 127 Å². The van der Waals surface area contributed by atoms with Crippen LogP contribution in [0.25, 0.3) is 0 Å². The quantitative estimate of drug-likeness (QED) is 0.843. The van der Waals surface area contributed by atoms with Crippen LogP contribution in [-0.4, -0.2) is 72.8 Å². The molecule has 120 valence electrons. The minimum absolute atomic E-state index is 0.281. The van der Waals surface area contributed by atoms with Crippen molar-refractivity contribution in [1.29, 1.82) is 0 Å². The van der Waals surface area contributed by atoms with E-state index in [-0.39, 0.29) is 5.92 Å². The summed E-state index contributed by atoms with van der Waals surface area (Å²) in [6.45, 7) is 7.60. The summed E-state index contributed by atoms with van der Waals surface area (Å²) in [7, 11) is 6.32. The number of nitrogens with one attached hydrogen (secondary N) is 1. The second kappa shape index (κ2) is 7.33. The molecule has 2 heterocycles.